The highest BCUT2D eigenvalue weighted by atomic mass is 33.2. The van der Waals surface area contributed by atoms with Crippen LogP contribution in [0.2, 0.25) is 0 Å². The van der Waals surface area contributed by atoms with Gasteiger partial charge in [-0.15, -0.1) is 0 Å². The van der Waals surface area contributed by atoms with Gasteiger partial charge in [-0.3, -0.25) is 0 Å². The fraction of sp³-hybridized carbons (Fsp3) is 1.00. The Morgan fingerprint density at radius 1 is 1.33 bits per heavy atom. The standard InChI is InChI=1S/C4H8S2/c1-3(2)4-5-6-4/h3-4H,1-2H3. The molecule has 1 saturated heterocycles. The molecule has 0 nitrogen and oxygen atoms in total. The van der Waals surface area contributed by atoms with E-state index in [0.717, 1.165) is 10.5 Å². The smallest absolute Gasteiger partial charge is 0.0733 e. The first-order chi connectivity index (χ1) is 2.80. The molecule has 0 radical (unpaired) electrons. The van der Waals surface area contributed by atoms with Crippen LogP contribution in [0.5, 0.6) is 0 Å². The van der Waals surface area contributed by atoms with E-state index in [1.54, 1.807) is 0 Å². The largest absolute Gasteiger partial charge is 0.0774 e. The van der Waals surface area contributed by atoms with Gasteiger partial charge in [0.05, 0.1) is 4.58 Å². The van der Waals surface area contributed by atoms with Crippen molar-refractivity contribution in [2.45, 2.75) is 18.4 Å². The zero-order valence-electron chi connectivity index (χ0n) is 3.97. The van der Waals surface area contributed by atoms with Crippen molar-refractivity contribution in [3.05, 3.63) is 0 Å². The van der Waals surface area contributed by atoms with E-state index in [4.69, 9.17) is 0 Å². The van der Waals surface area contributed by atoms with Crippen molar-refractivity contribution in [1.82, 2.24) is 0 Å². The second-order valence-corrected chi connectivity index (χ2v) is 4.66. The lowest BCUT2D eigenvalue weighted by atomic mass is 10.3. The van der Waals surface area contributed by atoms with E-state index in [9.17, 15) is 0 Å². The Bertz CT molecular complexity index is 47.5. The SMILES string of the molecule is CC(C)C1SS1. The lowest BCUT2D eigenvalue weighted by molar-refractivity contribution is 0.732. The van der Waals surface area contributed by atoms with Crippen LogP contribution in [0.1, 0.15) is 13.8 Å². The Balaban J connectivity index is 2.13. The molecule has 1 fully saturated rings. The van der Waals surface area contributed by atoms with E-state index in [2.05, 4.69) is 13.8 Å². The molecule has 0 atom stereocenters. The van der Waals surface area contributed by atoms with Crippen molar-refractivity contribution in [2.24, 2.45) is 5.92 Å². The summed E-state index contributed by atoms with van der Waals surface area (Å²) in [6.45, 7) is 4.52. The predicted octanol–water partition coefficient (Wildman–Crippen LogP) is 2.36. The second kappa shape index (κ2) is 1.66. The molecular formula is C4H8S2. The fourth-order valence-corrected chi connectivity index (χ4v) is 2.29. The number of rotatable bonds is 1. The lowest BCUT2D eigenvalue weighted by Crippen LogP contribution is -1.88. The molecule has 0 unspecified atom stereocenters. The average Bonchev–Trinajstić information content (AvgIpc) is 2.06. The van der Waals surface area contributed by atoms with Crippen molar-refractivity contribution < 1.29 is 0 Å². The number of hydrogen-bond acceptors (Lipinski definition) is 2. The molecule has 2 heteroatoms. The van der Waals surface area contributed by atoms with Gasteiger partial charge in [0.2, 0.25) is 0 Å². The third kappa shape index (κ3) is 1.09. The summed E-state index contributed by atoms with van der Waals surface area (Å²) in [6.07, 6.45) is 0. The van der Waals surface area contributed by atoms with Crippen molar-refractivity contribution in [1.29, 1.82) is 0 Å². The van der Waals surface area contributed by atoms with Crippen LogP contribution in [0, 0.1) is 5.92 Å². The molecule has 0 amide bonds. The second-order valence-electron chi connectivity index (χ2n) is 1.80. The topological polar surface area (TPSA) is 0 Å². The Morgan fingerprint density at radius 3 is 1.83 bits per heavy atom. The molecule has 0 spiro atoms. The summed E-state index contributed by atoms with van der Waals surface area (Å²) >= 11 is 0. The molecule has 0 aromatic rings. The minimum atomic E-state index is 0.889. The summed E-state index contributed by atoms with van der Waals surface area (Å²) in [4.78, 5) is 0. The predicted molar refractivity (Wildman–Crippen MR) is 33.8 cm³/mol. The van der Waals surface area contributed by atoms with Crippen LogP contribution in [0.15, 0.2) is 0 Å². The monoisotopic (exact) mass is 120 g/mol. The van der Waals surface area contributed by atoms with E-state index in [-0.39, 0.29) is 0 Å². The van der Waals surface area contributed by atoms with Gasteiger partial charge < -0.3 is 0 Å². The van der Waals surface area contributed by atoms with E-state index in [1.807, 2.05) is 21.6 Å². The summed E-state index contributed by atoms with van der Waals surface area (Å²) in [5, 5.41) is 0. The Morgan fingerprint density at radius 2 is 1.83 bits per heavy atom. The molecule has 1 aliphatic rings. The minimum Gasteiger partial charge on any atom is -0.0774 e. The summed E-state index contributed by atoms with van der Waals surface area (Å²) < 4.78 is 0.935. The van der Waals surface area contributed by atoms with Gasteiger partial charge in [-0.05, 0) is 5.92 Å². The summed E-state index contributed by atoms with van der Waals surface area (Å²) in [5.41, 5.74) is 0. The van der Waals surface area contributed by atoms with Crippen molar-refractivity contribution in [3.8, 4) is 0 Å². The Labute approximate surface area is 46.5 Å². The molecule has 0 aromatic carbocycles. The van der Waals surface area contributed by atoms with Crippen LogP contribution >= 0.6 is 21.6 Å². The first kappa shape index (κ1) is 4.85. The van der Waals surface area contributed by atoms with E-state index in [1.165, 1.54) is 0 Å². The molecule has 0 N–H and O–H groups in total. The highest BCUT2D eigenvalue weighted by molar-refractivity contribution is 8.92. The third-order valence-corrected chi connectivity index (χ3v) is 3.50. The van der Waals surface area contributed by atoms with Gasteiger partial charge in [-0.1, -0.05) is 35.4 Å². The summed E-state index contributed by atoms with van der Waals surface area (Å²) in [5.74, 6) is 0.889. The molecule has 6 heavy (non-hydrogen) atoms. The first-order valence-corrected chi connectivity index (χ1v) is 4.40. The molecule has 0 aliphatic carbocycles. The van der Waals surface area contributed by atoms with E-state index in [0.29, 0.717) is 0 Å². The van der Waals surface area contributed by atoms with Crippen LogP contribution in [-0.4, -0.2) is 4.58 Å². The van der Waals surface area contributed by atoms with Crippen molar-refractivity contribution in [2.75, 3.05) is 0 Å². The Hall–Kier alpha value is 0.700. The maximum Gasteiger partial charge on any atom is 0.0733 e. The quantitative estimate of drug-likeness (QED) is 0.385. The van der Waals surface area contributed by atoms with Crippen LogP contribution in [0.4, 0.5) is 0 Å². The highest BCUT2D eigenvalue weighted by Crippen LogP contribution is 2.56. The molecule has 0 aromatic heterocycles. The van der Waals surface area contributed by atoms with Gasteiger partial charge in [0.15, 0.2) is 0 Å². The maximum atomic E-state index is 2.26. The molecule has 36 valence electrons. The minimum absolute atomic E-state index is 0.889. The zero-order valence-corrected chi connectivity index (χ0v) is 5.60. The third-order valence-electron chi connectivity index (χ3n) is 0.752. The van der Waals surface area contributed by atoms with Crippen LogP contribution in [-0.2, 0) is 0 Å². The normalized spacial score (nSPS) is 22.5. The Kier molecular flexibility index (Phi) is 1.34. The van der Waals surface area contributed by atoms with Gasteiger partial charge in [-0.25, -0.2) is 0 Å². The molecular weight excluding hydrogens is 112 g/mol. The van der Waals surface area contributed by atoms with E-state index < -0.39 is 0 Å². The van der Waals surface area contributed by atoms with Gasteiger partial charge in [0.25, 0.3) is 0 Å². The molecule has 1 heterocycles. The maximum absolute atomic E-state index is 2.26. The lowest BCUT2D eigenvalue weighted by Gasteiger charge is -1.90. The van der Waals surface area contributed by atoms with Gasteiger partial charge in [0.1, 0.15) is 0 Å². The van der Waals surface area contributed by atoms with Crippen molar-refractivity contribution >= 4 is 21.6 Å². The molecule has 0 saturated carbocycles. The zero-order chi connectivity index (χ0) is 4.57. The summed E-state index contributed by atoms with van der Waals surface area (Å²) in [6, 6.07) is 0. The van der Waals surface area contributed by atoms with Crippen LogP contribution in [0.3, 0.4) is 0 Å². The fourth-order valence-electron chi connectivity index (χ4n) is 0.254. The van der Waals surface area contributed by atoms with Gasteiger partial charge >= 0.3 is 0 Å². The van der Waals surface area contributed by atoms with Crippen LogP contribution < -0.4 is 0 Å². The number of hydrogen-bond donors (Lipinski definition) is 0. The summed E-state index contributed by atoms with van der Waals surface area (Å²) in [7, 11) is 3.99. The van der Waals surface area contributed by atoms with Gasteiger partial charge in [0, 0.05) is 0 Å². The van der Waals surface area contributed by atoms with Crippen LogP contribution in [0.25, 0.3) is 0 Å². The molecule has 1 aliphatic heterocycles. The average molecular weight is 120 g/mol. The van der Waals surface area contributed by atoms with Gasteiger partial charge in [-0.2, -0.15) is 0 Å². The van der Waals surface area contributed by atoms with E-state index >= 15 is 0 Å². The first-order valence-electron chi connectivity index (χ1n) is 2.13. The highest BCUT2D eigenvalue weighted by Gasteiger charge is 2.27. The molecule has 0 bridgehead atoms. The molecule has 1 rings (SSSR count). The van der Waals surface area contributed by atoms with Crippen molar-refractivity contribution in [3.63, 3.8) is 0 Å².